The molecule has 1 amide bonds. The van der Waals surface area contributed by atoms with Crippen LogP contribution in [0.3, 0.4) is 0 Å². The quantitative estimate of drug-likeness (QED) is 0.552. The number of carbonyl (C=O) groups is 2. The van der Waals surface area contributed by atoms with Gasteiger partial charge in [0.15, 0.2) is 0 Å². The van der Waals surface area contributed by atoms with Crippen molar-refractivity contribution in [3.63, 3.8) is 0 Å². The van der Waals surface area contributed by atoms with Crippen molar-refractivity contribution in [1.29, 1.82) is 0 Å². The fourth-order valence-corrected chi connectivity index (χ4v) is 4.01. The number of carbonyl (C=O) groups excluding carboxylic acids is 2. The molecule has 1 saturated carbocycles. The monoisotopic (exact) mass is 367 g/mol. The first-order valence-electron chi connectivity index (χ1n) is 9.22. The molecule has 146 valence electrons. The van der Waals surface area contributed by atoms with Gasteiger partial charge in [0.1, 0.15) is 11.6 Å². The molecule has 0 aromatic carbocycles. The van der Waals surface area contributed by atoms with Crippen LogP contribution in [-0.4, -0.2) is 60.6 Å². The van der Waals surface area contributed by atoms with Crippen molar-refractivity contribution in [2.75, 3.05) is 13.7 Å². The molecule has 0 aromatic rings. The zero-order valence-corrected chi connectivity index (χ0v) is 17.0. The van der Waals surface area contributed by atoms with Gasteiger partial charge in [-0.15, -0.1) is 0 Å². The van der Waals surface area contributed by atoms with Gasteiger partial charge in [-0.05, 0) is 60.3 Å². The van der Waals surface area contributed by atoms with E-state index in [2.05, 4.69) is 0 Å². The van der Waals surface area contributed by atoms with Crippen LogP contribution in [0.2, 0.25) is 5.82 Å². The fraction of sp³-hybridized carbons (Fsp3) is 0.889. The number of hydrogen-bond donors (Lipinski definition) is 0. The van der Waals surface area contributed by atoms with Crippen molar-refractivity contribution in [1.82, 2.24) is 4.90 Å². The van der Waals surface area contributed by atoms with Crippen molar-refractivity contribution >= 4 is 19.2 Å². The van der Waals surface area contributed by atoms with E-state index in [1.54, 1.807) is 0 Å². The van der Waals surface area contributed by atoms with Gasteiger partial charge in [-0.3, -0.25) is 4.90 Å². The van der Waals surface area contributed by atoms with Crippen LogP contribution in [0.15, 0.2) is 0 Å². The second-order valence-electron chi connectivity index (χ2n) is 9.54. The summed E-state index contributed by atoms with van der Waals surface area (Å²) in [7, 11) is 0.970. The molecule has 0 radical (unpaired) electrons. The highest BCUT2D eigenvalue weighted by Crippen LogP contribution is 2.64. The number of rotatable bonds is 2. The number of amides is 1. The van der Waals surface area contributed by atoms with Gasteiger partial charge in [0.25, 0.3) is 0 Å². The Hall–Kier alpha value is -1.28. The number of piperidine rings is 1. The van der Waals surface area contributed by atoms with E-state index in [1.165, 1.54) is 12.0 Å². The lowest BCUT2D eigenvalue weighted by atomic mass is 9.77. The molecule has 0 N–H and O–H groups in total. The summed E-state index contributed by atoms with van der Waals surface area (Å²) in [4.78, 5) is 26.4. The number of fused-ring (bicyclic) bond motifs is 1. The highest BCUT2D eigenvalue weighted by molar-refractivity contribution is 6.49. The van der Waals surface area contributed by atoms with Gasteiger partial charge < -0.3 is 18.8 Å². The van der Waals surface area contributed by atoms with Gasteiger partial charge in [0.05, 0.1) is 18.3 Å². The molecule has 26 heavy (non-hydrogen) atoms. The van der Waals surface area contributed by atoms with Crippen molar-refractivity contribution in [2.45, 2.75) is 77.1 Å². The third kappa shape index (κ3) is 3.11. The number of ether oxygens (including phenoxy) is 2. The lowest BCUT2D eigenvalue weighted by molar-refractivity contribution is -0.146. The summed E-state index contributed by atoms with van der Waals surface area (Å²) in [5, 5.41) is 0. The van der Waals surface area contributed by atoms with Crippen LogP contribution >= 0.6 is 0 Å². The summed E-state index contributed by atoms with van der Waals surface area (Å²) in [5.41, 5.74) is -1.45. The molecule has 2 saturated heterocycles. The average molecular weight is 367 g/mol. The van der Waals surface area contributed by atoms with E-state index in [1.807, 2.05) is 48.5 Å². The topological polar surface area (TPSA) is 74.3 Å². The van der Waals surface area contributed by atoms with Crippen molar-refractivity contribution in [3.05, 3.63) is 0 Å². The van der Waals surface area contributed by atoms with Crippen LogP contribution in [0.25, 0.3) is 0 Å². The molecule has 0 spiro atoms. The molecule has 3 fully saturated rings. The predicted molar refractivity (Wildman–Crippen MR) is 95.6 cm³/mol. The number of likely N-dealkylation sites (tertiary alicyclic amines) is 1. The van der Waals surface area contributed by atoms with E-state index in [0.717, 1.165) is 0 Å². The maximum Gasteiger partial charge on any atom is 0.461 e. The summed E-state index contributed by atoms with van der Waals surface area (Å²) in [6.07, 6.45) is -0.479. The van der Waals surface area contributed by atoms with Gasteiger partial charge in [-0.2, -0.15) is 0 Å². The van der Waals surface area contributed by atoms with Gasteiger partial charge in [0.2, 0.25) is 0 Å². The Bertz CT molecular complexity index is 597. The maximum atomic E-state index is 12.5. The Kier molecular flexibility index (Phi) is 4.39. The Morgan fingerprint density at radius 2 is 1.65 bits per heavy atom. The normalized spacial score (nSPS) is 34.5. The smallest absolute Gasteiger partial charge is 0.461 e. The SMILES string of the molecule is COC(=O)C1C2C(CN1C(=O)OC(C)(C)C)[C@@H]2B1OC(C)(C)C(C)(C)O1. The van der Waals surface area contributed by atoms with E-state index in [-0.39, 0.29) is 24.8 Å². The summed E-state index contributed by atoms with van der Waals surface area (Å²) in [6, 6.07) is -0.649. The Balaban J connectivity index is 1.75. The molecule has 1 aliphatic carbocycles. The van der Waals surface area contributed by atoms with E-state index in [9.17, 15) is 9.59 Å². The minimum Gasteiger partial charge on any atom is -0.467 e. The van der Waals surface area contributed by atoms with Crippen LogP contribution in [0.1, 0.15) is 48.5 Å². The fourth-order valence-electron chi connectivity index (χ4n) is 4.01. The van der Waals surface area contributed by atoms with Crippen LogP contribution in [0.5, 0.6) is 0 Å². The summed E-state index contributed by atoms with van der Waals surface area (Å²) in [5.74, 6) is -0.202. The highest BCUT2D eigenvalue weighted by Gasteiger charge is 2.72. The molecule has 3 aliphatic rings. The van der Waals surface area contributed by atoms with Gasteiger partial charge in [-0.25, -0.2) is 9.59 Å². The van der Waals surface area contributed by atoms with Crippen LogP contribution in [0.4, 0.5) is 4.79 Å². The van der Waals surface area contributed by atoms with Crippen LogP contribution in [-0.2, 0) is 23.6 Å². The number of nitrogens with zero attached hydrogens (tertiary/aromatic N) is 1. The molecule has 3 unspecified atom stereocenters. The highest BCUT2D eigenvalue weighted by atomic mass is 16.7. The van der Waals surface area contributed by atoms with Gasteiger partial charge in [0, 0.05) is 12.4 Å². The first kappa shape index (κ1) is 19.5. The average Bonchev–Trinajstić information content (AvgIpc) is 2.94. The van der Waals surface area contributed by atoms with Crippen LogP contribution < -0.4 is 0 Å². The van der Waals surface area contributed by atoms with Crippen molar-refractivity contribution in [3.8, 4) is 0 Å². The Labute approximate surface area is 155 Å². The van der Waals surface area contributed by atoms with Crippen molar-refractivity contribution < 1.29 is 28.4 Å². The Morgan fingerprint density at radius 3 is 2.12 bits per heavy atom. The van der Waals surface area contributed by atoms with Crippen molar-refractivity contribution in [2.24, 2.45) is 11.8 Å². The molecule has 0 bridgehead atoms. The van der Waals surface area contributed by atoms with Gasteiger partial charge in [-0.1, -0.05) is 0 Å². The van der Waals surface area contributed by atoms with Gasteiger partial charge >= 0.3 is 19.2 Å². The summed E-state index contributed by atoms with van der Waals surface area (Å²) in [6.45, 7) is 13.9. The number of methoxy groups -OCH3 is 1. The third-order valence-electron chi connectivity index (χ3n) is 6.06. The first-order valence-corrected chi connectivity index (χ1v) is 9.22. The zero-order chi connectivity index (χ0) is 19.7. The second-order valence-corrected chi connectivity index (χ2v) is 9.54. The third-order valence-corrected chi connectivity index (χ3v) is 6.06. The lowest BCUT2D eigenvalue weighted by Gasteiger charge is -2.32. The summed E-state index contributed by atoms with van der Waals surface area (Å²) < 4.78 is 22.7. The maximum absolute atomic E-state index is 12.5. The van der Waals surface area contributed by atoms with E-state index in [4.69, 9.17) is 18.8 Å². The Morgan fingerprint density at radius 1 is 1.12 bits per heavy atom. The van der Waals surface area contributed by atoms with E-state index >= 15 is 0 Å². The molecule has 7 nitrogen and oxygen atoms in total. The standard InChI is InChI=1S/C18H30BNO6/c1-16(2,3)24-15(22)20-9-10-11(13(20)14(21)23-8)12(10)19-25-17(4,5)18(6,7)26-19/h10-13H,9H2,1-8H3/t10?,11?,12-,13?/m0/s1. The molecule has 3 rings (SSSR count). The predicted octanol–water partition coefficient (Wildman–Crippen LogP) is 2.49. The largest absolute Gasteiger partial charge is 0.467 e. The van der Waals surface area contributed by atoms with Crippen LogP contribution in [0, 0.1) is 11.8 Å². The lowest BCUT2D eigenvalue weighted by Crippen LogP contribution is -2.47. The minimum absolute atomic E-state index is 0.0235. The molecule has 0 aromatic heterocycles. The molecule has 8 heteroatoms. The molecular formula is C18H30BNO6. The second kappa shape index (κ2) is 5.86. The molecular weight excluding hydrogens is 337 g/mol. The minimum atomic E-state index is -0.649. The van der Waals surface area contributed by atoms with E-state index < -0.39 is 34.9 Å². The molecule has 4 atom stereocenters. The number of hydrogen-bond acceptors (Lipinski definition) is 6. The number of esters is 1. The zero-order valence-electron chi connectivity index (χ0n) is 17.0. The summed E-state index contributed by atoms with van der Waals surface area (Å²) >= 11 is 0. The molecule has 2 aliphatic heterocycles. The first-order chi connectivity index (χ1) is 11.8. The molecule has 2 heterocycles. The van der Waals surface area contributed by atoms with E-state index in [0.29, 0.717) is 6.54 Å².